The Morgan fingerprint density at radius 1 is 1.21 bits per heavy atom. The summed E-state index contributed by atoms with van der Waals surface area (Å²) in [7, 11) is -1.87. The summed E-state index contributed by atoms with van der Waals surface area (Å²) in [6.45, 7) is 2.75. The topological polar surface area (TPSA) is 71.1 Å². The summed E-state index contributed by atoms with van der Waals surface area (Å²) >= 11 is 5.94. The van der Waals surface area contributed by atoms with Gasteiger partial charge in [-0.05, 0) is 31.3 Å². The number of hydrogen-bond acceptors (Lipinski definition) is 5. The number of fused-ring (bicyclic) bond motifs is 1. The predicted octanol–water partition coefficient (Wildman–Crippen LogP) is 2.87. The van der Waals surface area contributed by atoms with Gasteiger partial charge in [-0.2, -0.15) is 9.76 Å². The van der Waals surface area contributed by atoms with Crippen LogP contribution in [0.1, 0.15) is 5.56 Å². The molecule has 2 heterocycles. The number of urea groups is 1. The van der Waals surface area contributed by atoms with Crippen molar-refractivity contribution in [1.29, 1.82) is 0 Å². The zero-order valence-corrected chi connectivity index (χ0v) is 17.5. The highest BCUT2D eigenvalue weighted by Gasteiger charge is 2.46. The van der Waals surface area contributed by atoms with Crippen LogP contribution in [0.3, 0.4) is 0 Å². The lowest BCUT2D eigenvalue weighted by Crippen LogP contribution is -2.54. The average Bonchev–Trinajstić information content (AvgIpc) is 2.70. The molecule has 1 saturated heterocycles. The summed E-state index contributed by atoms with van der Waals surface area (Å²) < 4.78 is 20.9. The predicted molar refractivity (Wildman–Crippen MR) is 109 cm³/mol. The van der Waals surface area contributed by atoms with Crippen molar-refractivity contribution in [1.82, 2.24) is 14.9 Å². The van der Waals surface area contributed by atoms with Crippen LogP contribution in [-0.4, -0.2) is 49.1 Å². The van der Waals surface area contributed by atoms with Crippen molar-refractivity contribution in [3.63, 3.8) is 0 Å². The van der Waals surface area contributed by atoms with Crippen molar-refractivity contribution in [2.75, 3.05) is 37.9 Å². The second-order valence-electron chi connectivity index (χ2n) is 7.08. The van der Waals surface area contributed by atoms with Gasteiger partial charge in [-0.25, -0.2) is 9.18 Å². The van der Waals surface area contributed by atoms with Gasteiger partial charge < -0.3 is 19.2 Å². The number of hydrogen-bond donors (Lipinski definition) is 1. The highest BCUT2D eigenvalue weighted by atomic mass is 35.5. The van der Waals surface area contributed by atoms with E-state index in [0.717, 1.165) is 18.7 Å². The van der Waals surface area contributed by atoms with Crippen LogP contribution < -0.4 is 19.2 Å². The Morgan fingerprint density at radius 3 is 2.66 bits per heavy atom. The van der Waals surface area contributed by atoms with Crippen LogP contribution in [0.25, 0.3) is 0 Å². The SMILES string of the molecule is CN1CCN(C(=O)N[P+]2([O-])Oc3ccccc3CN2c2ccc(F)c(Cl)c2)CC1. The Bertz CT molecular complexity index is 928. The fourth-order valence-electron chi connectivity index (χ4n) is 3.33. The van der Waals surface area contributed by atoms with Crippen molar-refractivity contribution in [3.05, 3.63) is 58.9 Å². The molecule has 0 bridgehead atoms. The maximum Gasteiger partial charge on any atom is 0.353 e. The van der Waals surface area contributed by atoms with Crippen molar-refractivity contribution in [2.24, 2.45) is 0 Å². The minimum Gasteiger partial charge on any atom is -0.610 e. The molecule has 0 spiro atoms. The molecule has 0 aliphatic carbocycles. The van der Waals surface area contributed by atoms with Gasteiger partial charge in [0.05, 0.1) is 17.3 Å². The fraction of sp³-hybridized carbons (Fsp3) is 0.316. The molecular formula is C19H21ClFN4O3P. The number of benzene rings is 2. The number of nitrogens with one attached hydrogen (secondary N) is 1. The van der Waals surface area contributed by atoms with E-state index in [9.17, 15) is 14.1 Å². The lowest BCUT2D eigenvalue weighted by atomic mass is 10.2. The number of nitrogens with zero attached hydrogens (tertiary/aromatic N) is 3. The molecule has 2 amide bonds. The van der Waals surface area contributed by atoms with E-state index in [0.29, 0.717) is 24.5 Å². The highest BCUT2D eigenvalue weighted by molar-refractivity contribution is 7.65. The summed E-state index contributed by atoms with van der Waals surface area (Å²) in [4.78, 5) is 30.4. The van der Waals surface area contributed by atoms with Gasteiger partial charge in [0.1, 0.15) is 5.82 Å². The summed E-state index contributed by atoms with van der Waals surface area (Å²) in [6, 6.07) is 10.8. The van der Waals surface area contributed by atoms with Gasteiger partial charge in [-0.3, -0.25) is 0 Å². The number of piperazine rings is 1. The fourth-order valence-corrected chi connectivity index (χ4v) is 5.37. The van der Waals surface area contributed by atoms with E-state index in [1.54, 1.807) is 17.0 Å². The normalized spacial score (nSPS) is 22.1. The molecule has 7 nitrogen and oxygen atoms in total. The van der Waals surface area contributed by atoms with Gasteiger partial charge in [0.25, 0.3) is 0 Å². The summed E-state index contributed by atoms with van der Waals surface area (Å²) in [6.07, 6.45) is 0. The number of carbonyl (C=O) groups excluding carboxylic acids is 1. The van der Waals surface area contributed by atoms with Crippen molar-refractivity contribution < 1.29 is 18.6 Å². The van der Waals surface area contributed by atoms with Crippen LogP contribution in [-0.2, 0) is 6.54 Å². The third kappa shape index (κ3) is 4.12. The minimum absolute atomic E-state index is 0.0988. The smallest absolute Gasteiger partial charge is 0.353 e. The monoisotopic (exact) mass is 438 g/mol. The zero-order chi connectivity index (χ0) is 20.6. The van der Waals surface area contributed by atoms with Crippen molar-refractivity contribution >= 4 is 31.3 Å². The molecule has 0 radical (unpaired) electrons. The summed E-state index contributed by atoms with van der Waals surface area (Å²) in [5.74, 6) is -0.135. The van der Waals surface area contributed by atoms with Crippen LogP contribution in [0.15, 0.2) is 42.5 Å². The van der Waals surface area contributed by atoms with Crippen LogP contribution in [0.2, 0.25) is 5.02 Å². The first-order valence-electron chi connectivity index (χ1n) is 9.22. The van der Waals surface area contributed by atoms with E-state index < -0.39 is 19.9 Å². The second kappa shape index (κ2) is 7.95. The Kier molecular flexibility index (Phi) is 5.53. The Morgan fingerprint density at radius 2 is 1.93 bits per heavy atom. The van der Waals surface area contributed by atoms with Crippen LogP contribution in [0.5, 0.6) is 5.75 Å². The van der Waals surface area contributed by atoms with Gasteiger partial charge in [-0.15, -0.1) is 0 Å². The highest BCUT2D eigenvalue weighted by Crippen LogP contribution is 2.58. The van der Waals surface area contributed by atoms with Gasteiger partial charge >= 0.3 is 14.0 Å². The molecular weight excluding hydrogens is 418 g/mol. The largest absolute Gasteiger partial charge is 0.610 e. The third-order valence-electron chi connectivity index (χ3n) is 5.06. The molecule has 10 heteroatoms. The van der Waals surface area contributed by atoms with Crippen LogP contribution in [0, 0.1) is 5.82 Å². The van der Waals surface area contributed by atoms with Gasteiger partial charge in [0.15, 0.2) is 5.75 Å². The number of anilines is 1. The Balaban J connectivity index is 1.65. The van der Waals surface area contributed by atoms with E-state index in [2.05, 4.69) is 9.99 Å². The molecule has 2 aliphatic rings. The number of amides is 2. The van der Waals surface area contributed by atoms with E-state index in [4.69, 9.17) is 16.1 Å². The lowest BCUT2D eigenvalue weighted by molar-refractivity contribution is -0.189. The number of carbonyl (C=O) groups is 1. The van der Waals surface area contributed by atoms with Crippen LogP contribution in [0.4, 0.5) is 14.9 Å². The molecule has 154 valence electrons. The number of likely N-dealkylation sites (N-methyl/N-ethyl adjacent to an activating group) is 1. The molecule has 2 aromatic carbocycles. The van der Waals surface area contributed by atoms with Gasteiger partial charge in [-0.1, -0.05) is 29.8 Å². The summed E-state index contributed by atoms with van der Waals surface area (Å²) in [5, 5.41) is 2.50. The van der Waals surface area contributed by atoms with E-state index in [1.165, 1.54) is 22.9 Å². The van der Waals surface area contributed by atoms with E-state index >= 15 is 0 Å². The molecule has 0 saturated carbocycles. The third-order valence-corrected chi connectivity index (χ3v) is 7.28. The van der Waals surface area contributed by atoms with E-state index in [-0.39, 0.29) is 11.6 Å². The second-order valence-corrected chi connectivity index (χ2v) is 9.42. The molecule has 1 atom stereocenters. The first-order valence-corrected chi connectivity index (χ1v) is 11.2. The molecule has 1 unspecified atom stereocenters. The maximum absolute atomic E-state index is 13.8. The molecule has 0 aromatic heterocycles. The average molecular weight is 439 g/mol. The number of rotatable bonds is 2. The number of halogens is 2. The molecule has 29 heavy (non-hydrogen) atoms. The summed E-state index contributed by atoms with van der Waals surface area (Å²) in [5.41, 5.74) is 1.20. The van der Waals surface area contributed by atoms with Gasteiger partial charge in [0.2, 0.25) is 0 Å². The van der Waals surface area contributed by atoms with Crippen molar-refractivity contribution in [3.8, 4) is 5.75 Å². The Labute approximate surface area is 174 Å². The quantitative estimate of drug-likeness (QED) is 0.730. The van der Waals surface area contributed by atoms with E-state index in [1.807, 2.05) is 19.2 Å². The Hall–Kier alpha value is -2.12. The first kappa shape index (κ1) is 20.2. The molecule has 4 rings (SSSR count). The lowest BCUT2D eigenvalue weighted by Gasteiger charge is -2.42. The standard InChI is InChI=1S/C19H21ClFN4O3P/c1-23-8-10-24(11-9-23)19(26)22-29(27)25(15-6-7-17(21)16(20)12-15)13-14-4-2-3-5-18(14)28-29/h2-7,12H,8-11,13H2,1H3,(H,22,26,27). The molecule has 2 aromatic rings. The molecule has 2 aliphatic heterocycles. The van der Waals surface area contributed by atoms with Crippen LogP contribution >= 0.6 is 19.6 Å². The van der Waals surface area contributed by atoms with Gasteiger partial charge in [0, 0.05) is 31.7 Å². The zero-order valence-electron chi connectivity index (χ0n) is 15.8. The maximum atomic E-state index is 13.8. The first-order chi connectivity index (χ1) is 13.9. The molecule has 1 N–H and O–H groups in total. The number of para-hydroxylation sites is 1. The molecule has 1 fully saturated rings. The minimum atomic E-state index is -3.85. The van der Waals surface area contributed by atoms with Crippen molar-refractivity contribution in [2.45, 2.75) is 6.54 Å².